The molecule has 3 rings (SSSR count). The minimum atomic E-state index is -3.58. The third kappa shape index (κ3) is 6.30. The average Bonchev–Trinajstić information content (AvgIpc) is 3.12. The number of rotatable bonds is 9. The van der Waals surface area contributed by atoms with Crippen molar-refractivity contribution in [3.8, 4) is 0 Å². The van der Waals surface area contributed by atoms with Gasteiger partial charge in [-0.05, 0) is 69.2 Å². The normalized spacial score (nSPS) is 15.1. The lowest BCUT2D eigenvalue weighted by Crippen LogP contribution is -2.32. The third-order valence-electron chi connectivity index (χ3n) is 5.07. The van der Waals surface area contributed by atoms with Crippen molar-refractivity contribution in [1.82, 2.24) is 9.62 Å². The molecule has 172 valence electrons. The van der Waals surface area contributed by atoms with Gasteiger partial charge in [0.1, 0.15) is 6.04 Å². The van der Waals surface area contributed by atoms with Crippen LogP contribution < -0.4 is 15.4 Å². The molecule has 8 nitrogen and oxygen atoms in total. The Morgan fingerprint density at radius 2 is 1.78 bits per heavy atom. The number of amides is 2. The number of benzene rings is 2. The molecule has 2 amide bonds. The van der Waals surface area contributed by atoms with Crippen LogP contribution in [0.15, 0.2) is 53.4 Å². The average molecular weight is 459 g/mol. The van der Waals surface area contributed by atoms with E-state index in [2.05, 4.69) is 15.4 Å². The van der Waals surface area contributed by atoms with Gasteiger partial charge in [0.05, 0.1) is 4.90 Å². The molecule has 1 saturated heterocycles. The van der Waals surface area contributed by atoms with Gasteiger partial charge in [-0.1, -0.05) is 12.1 Å². The Morgan fingerprint density at radius 1 is 1.06 bits per heavy atom. The quantitative estimate of drug-likeness (QED) is 0.536. The summed E-state index contributed by atoms with van der Waals surface area (Å²) in [6.45, 7) is 6.60. The highest BCUT2D eigenvalue weighted by molar-refractivity contribution is 7.89. The van der Waals surface area contributed by atoms with Crippen molar-refractivity contribution in [1.29, 1.82) is 0 Å². The zero-order valence-electron chi connectivity index (χ0n) is 18.6. The topological polar surface area (TPSA) is 108 Å². The first kappa shape index (κ1) is 23.7. The summed E-state index contributed by atoms with van der Waals surface area (Å²) < 4.78 is 26.9. The number of carbonyl (C=O) groups is 2. The first-order chi connectivity index (χ1) is 15.1. The van der Waals surface area contributed by atoms with E-state index >= 15 is 0 Å². The van der Waals surface area contributed by atoms with Crippen molar-refractivity contribution in [2.24, 2.45) is 0 Å². The van der Waals surface area contributed by atoms with Gasteiger partial charge >= 0.3 is 0 Å². The molecule has 1 aliphatic rings. The van der Waals surface area contributed by atoms with Crippen molar-refractivity contribution >= 4 is 33.2 Å². The predicted molar refractivity (Wildman–Crippen MR) is 125 cm³/mol. The van der Waals surface area contributed by atoms with Crippen molar-refractivity contribution in [3.63, 3.8) is 0 Å². The molecule has 0 saturated carbocycles. The summed E-state index contributed by atoms with van der Waals surface area (Å²) in [5.74, 6) is -0.0732. The zero-order valence-corrected chi connectivity index (χ0v) is 19.4. The van der Waals surface area contributed by atoms with E-state index in [1.807, 2.05) is 29.2 Å². The Morgan fingerprint density at radius 3 is 2.41 bits per heavy atom. The number of sulfonamides is 1. The van der Waals surface area contributed by atoms with Crippen LogP contribution in [0.4, 0.5) is 11.4 Å². The highest BCUT2D eigenvalue weighted by atomic mass is 32.2. The van der Waals surface area contributed by atoms with E-state index in [1.54, 1.807) is 32.9 Å². The molecule has 1 aliphatic heterocycles. The van der Waals surface area contributed by atoms with E-state index in [1.165, 1.54) is 12.1 Å². The van der Waals surface area contributed by atoms with Gasteiger partial charge in [0.15, 0.2) is 0 Å². The van der Waals surface area contributed by atoms with Gasteiger partial charge in [-0.2, -0.15) is 0 Å². The second-order valence-corrected chi connectivity index (χ2v) is 9.99. The maximum Gasteiger partial charge on any atom is 0.246 e. The molecule has 0 aromatic heterocycles. The minimum Gasteiger partial charge on any atom is -0.374 e. The molecule has 0 bridgehead atoms. The molecule has 1 atom stereocenters. The summed E-state index contributed by atoms with van der Waals surface area (Å²) in [4.78, 5) is 26.4. The largest absolute Gasteiger partial charge is 0.374 e. The van der Waals surface area contributed by atoms with Crippen molar-refractivity contribution in [2.75, 3.05) is 17.2 Å². The fourth-order valence-electron chi connectivity index (χ4n) is 3.51. The molecule has 9 heteroatoms. The van der Waals surface area contributed by atoms with Gasteiger partial charge in [-0.25, -0.2) is 13.1 Å². The summed E-state index contributed by atoms with van der Waals surface area (Å²) in [5.41, 5.74) is 2.30. The van der Waals surface area contributed by atoms with Crippen LogP contribution in [0.3, 0.4) is 0 Å². The fraction of sp³-hybridized carbons (Fsp3) is 0.391. The lowest BCUT2D eigenvalue weighted by Gasteiger charge is -2.18. The number of anilines is 2. The molecule has 2 aromatic rings. The van der Waals surface area contributed by atoms with Gasteiger partial charge in [0.2, 0.25) is 21.8 Å². The van der Waals surface area contributed by atoms with Crippen LogP contribution in [-0.2, 0) is 26.2 Å². The fourth-order valence-corrected chi connectivity index (χ4v) is 4.76. The monoisotopic (exact) mass is 458 g/mol. The van der Waals surface area contributed by atoms with Crippen molar-refractivity contribution in [3.05, 3.63) is 54.1 Å². The van der Waals surface area contributed by atoms with Crippen LogP contribution >= 0.6 is 0 Å². The van der Waals surface area contributed by atoms with Gasteiger partial charge < -0.3 is 15.5 Å². The van der Waals surface area contributed by atoms with Crippen LogP contribution in [0.2, 0.25) is 0 Å². The van der Waals surface area contributed by atoms with Crippen molar-refractivity contribution < 1.29 is 18.0 Å². The summed E-state index contributed by atoms with van der Waals surface area (Å²) in [7, 11) is -3.58. The minimum absolute atomic E-state index is 0.142. The van der Waals surface area contributed by atoms with Gasteiger partial charge in [0, 0.05) is 36.9 Å². The molecule has 1 fully saturated rings. The van der Waals surface area contributed by atoms with Crippen LogP contribution in [0, 0.1) is 0 Å². The van der Waals surface area contributed by atoms with Crippen LogP contribution in [0.5, 0.6) is 0 Å². The number of likely N-dealkylation sites (tertiary alicyclic amines) is 1. The van der Waals surface area contributed by atoms with E-state index in [0.29, 0.717) is 18.7 Å². The SMILES string of the molecule is CC(C)NS(=O)(=O)c1ccc(NC(=O)C(C)Nc2cccc(CN3CCCC3=O)c2)cc1. The van der Waals surface area contributed by atoms with Gasteiger partial charge in [-0.3, -0.25) is 9.59 Å². The van der Waals surface area contributed by atoms with E-state index in [9.17, 15) is 18.0 Å². The third-order valence-corrected chi connectivity index (χ3v) is 6.75. The van der Waals surface area contributed by atoms with E-state index in [-0.39, 0.29) is 22.8 Å². The maximum atomic E-state index is 12.6. The molecular formula is C23H30N4O4S. The van der Waals surface area contributed by atoms with Crippen molar-refractivity contribution in [2.45, 2.75) is 57.1 Å². The second-order valence-electron chi connectivity index (χ2n) is 8.27. The summed E-state index contributed by atoms with van der Waals surface area (Å²) in [6.07, 6.45) is 1.51. The second kappa shape index (κ2) is 10.1. The van der Waals surface area contributed by atoms with Crippen LogP contribution in [0.25, 0.3) is 0 Å². The lowest BCUT2D eigenvalue weighted by molar-refractivity contribution is -0.128. The summed E-state index contributed by atoms with van der Waals surface area (Å²) >= 11 is 0. The number of hydrogen-bond donors (Lipinski definition) is 3. The smallest absolute Gasteiger partial charge is 0.246 e. The van der Waals surface area contributed by atoms with Gasteiger partial charge in [-0.15, -0.1) is 0 Å². The Bertz CT molecular complexity index is 1070. The number of nitrogens with zero attached hydrogens (tertiary/aromatic N) is 1. The summed E-state index contributed by atoms with van der Waals surface area (Å²) in [6, 6.07) is 13.0. The van der Waals surface area contributed by atoms with Crippen LogP contribution in [0.1, 0.15) is 39.2 Å². The highest BCUT2D eigenvalue weighted by Crippen LogP contribution is 2.19. The van der Waals surface area contributed by atoms with Crippen LogP contribution in [-0.4, -0.2) is 43.8 Å². The Balaban J connectivity index is 1.58. The number of carbonyl (C=O) groups excluding carboxylic acids is 2. The summed E-state index contributed by atoms with van der Waals surface area (Å²) in [5, 5.41) is 5.97. The predicted octanol–water partition coefficient (Wildman–Crippen LogP) is 2.93. The first-order valence-electron chi connectivity index (χ1n) is 10.7. The molecular weight excluding hydrogens is 428 g/mol. The maximum absolute atomic E-state index is 12.6. The Kier molecular flexibility index (Phi) is 7.52. The van der Waals surface area contributed by atoms with E-state index in [0.717, 1.165) is 24.2 Å². The Hall–Kier alpha value is -2.91. The molecule has 1 unspecified atom stereocenters. The standard InChI is InChI=1S/C23H30N4O4S/c1-16(2)26-32(30,31)21-11-9-19(10-12-21)25-23(29)17(3)24-20-7-4-6-18(14-20)15-27-13-5-8-22(27)28/h4,6-7,9-12,14,16-17,24,26H,5,8,13,15H2,1-3H3,(H,25,29). The first-order valence-corrected chi connectivity index (χ1v) is 12.2. The molecule has 0 radical (unpaired) electrons. The number of hydrogen-bond acceptors (Lipinski definition) is 5. The van der Waals surface area contributed by atoms with E-state index in [4.69, 9.17) is 0 Å². The highest BCUT2D eigenvalue weighted by Gasteiger charge is 2.20. The molecule has 32 heavy (non-hydrogen) atoms. The van der Waals surface area contributed by atoms with Gasteiger partial charge in [0.25, 0.3) is 0 Å². The lowest BCUT2D eigenvalue weighted by atomic mass is 10.1. The molecule has 0 spiro atoms. The van der Waals surface area contributed by atoms with E-state index < -0.39 is 16.1 Å². The molecule has 1 heterocycles. The molecule has 2 aromatic carbocycles. The zero-order chi connectivity index (χ0) is 23.3. The molecule has 3 N–H and O–H groups in total. The number of nitrogens with one attached hydrogen (secondary N) is 3. The Labute approximate surface area is 189 Å². The molecule has 0 aliphatic carbocycles.